The molecule has 0 aromatic rings. The molecule has 0 radical (unpaired) electrons. The first-order chi connectivity index (χ1) is 7.90. The van der Waals surface area contributed by atoms with Gasteiger partial charge in [0.15, 0.2) is 0 Å². The molecule has 2 unspecified atom stereocenters. The van der Waals surface area contributed by atoms with Crippen molar-refractivity contribution >= 4 is 0 Å². The van der Waals surface area contributed by atoms with Crippen LogP contribution in [0.3, 0.4) is 0 Å². The van der Waals surface area contributed by atoms with Gasteiger partial charge >= 0.3 is 0 Å². The van der Waals surface area contributed by atoms with Gasteiger partial charge in [-0.1, -0.05) is 6.42 Å². The molecule has 94 valence electrons. The minimum atomic E-state index is 0.729. The first kappa shape index (κ1) is 12.3. The maximum Gasteiger partial charge on any atom is 0.0593 e. The molecule has 1 aliphatic carbocycles. The SMILES string of the molecule is NCC1CCCC1COCCN1CCCC1. The third kappa shape index (κ3) is 3.44. The Labute approximate surface area is 99.3 Å². The van der Waals surface area contributed by atoms with Gasteiger partial charge in [-0.05, 0) is 57.2 Å². The Morgan fingerprint density at radius 2 is 1.81 bits per heavy atom. The molecule has 1 saturated heterocycles. The highest BCUT2D eigenvalue weighted by atomic mass is 16.5. The lowest BCUT2D eigenvalue weighted by molar-refractivity contribution is 0.0724. The monoisotopic (exact) mass is 226 g/mol. The van der Waals surface area contributed by atoms with E-state index in [4.69, 9.17) is 10.5 Å². The van der Waals surface area contributed by atoms with Crippen LogP contribution in [0.25, 0.3) is 0 Å². The summed E-state index contributed by atoms with van der Waals surface area (Å²) < 4.78 is 5.81. The minimum absolute atomic E-state index is 0.729. The van der Waals surface area contributed by atoms with Gasteiger partial charge in [0.2, 0.25) is 0 Å². The predicted molar refractivity (Wildman–Crippen MR) is 66.4 cm³/mol. The summed E-state index contributed by atoms with van der Waals surface area (Å²) >= 11 is 0. The lowest BCUT2D eigenvalue weighted by Crippen LogP contribution is -2.26. The fraction of sp³-hybridized carbons (Fsp3) is 1.00. The van der Waals surface area contributed by atoms with E-state index >= 15 is 0 Å². The Balaban J connectivity index is 1.53. The van der Waals surface area contributed by atoms with Gasteiger partial charge in [-0.15, -0.1) is 0 Å². The molecule has 0 spiro atoms. The van der Waals surface area contributed by atoms with E-state index in [1.807, 2.05) is 0 Å². The van der Waals surface area contributed by atoms with E-state index in [1.54, 1.807) is 0 Å². The Hall–Kier alpha value is -0.120. The Morgan fingerprint density at radius 1 is 1.06 bits per heavy atom. The zero-order chi connectivity index (χ0) is 11.2. The molecule has 3 nitrogen and oxygen atoms in total. The molecular weight excluding hydrogens is 200 g/mol. The van der Waals surface area contributed by atoms with E-state index in [1.165, 1.54) is 45.2 Å². The standard InChI is InChI=1S/C13H26N2O/c14-10-12-4-3-5-13(12)11-16-9-8-15-6-1-2-7-15/h12-13H,1-11,14H2. The molecule has 1 aliphatic heterocycles. The quantitative estimate of drug-likeness (QED) is 0.697. The summed E-state index contributed by atoms with van der Waals surface area (Å²) in [5, 5.41) is 0. The zero-order valence-corrected chi connectivity index (χ0v) is 10.4. The van der Waals surface area contributed by atoms with Crippen LogP contribution in [0.15, 0.2) is 0 Å². The van der Waals surface area contributed by atoms with Crippen LogP contribution in [0.4, 0.5) is 0 Å². The summed E-state index contributed by atoms with van der Waals surface area (Å²) in [5.41, 5.74) is 5.76. The van der Waals surface area contributed by atoms with Crippen LogP contribution >= 0.6 is 0 Å². The third-order valence-corrected chi connectivity index (χ3v) is 4.20. The number of rotatable bonds is 6. The highest BCUT2D eigenvalue weighted by Gasteiger charge is 2.25. The molecule has 1 heterocycles. The molecule has 16 heavy (non-hydrogen) atoms. The van der Waals surface area contributed by atoms with Crippen LogP contribution in [0.2, 0.25) is 0 Å². The molecule has 2 fully saturated rings. The molecule has 2 atom stereocenters. The summed E-state index contributed by atoms with van der Waals surface area (Å²) in [5.74, 6) is 1.47. The number of hydrogen-bond donors (Lipinski definition) is 1. The van der Waals surface area contributed by atoms with Gasteiger partial charge in [-0.3, -0.25) is 0 Å². The van der Waals surface area contributed by atoms with Crippen molar-refractivity contribution in [2.45, 2.75) is 32.1 Å². The maximum atomic E-state index is 5.81. The van der Waals surface area contributed by atoms with Gasteiger partial charge in [0, 0.05) is 13.2 Å². The molecule has 2 N–H and O–H groups in total. The van der Waals surface area contributed by atoms with Crippen molar-refractivity contribution in [2.24, 2.45) is 17.6 Å². The number of hydrogen-bond acceptors (Lipinski definition) is 3. The van der Waals surface area contributed by atoms with E-state index < -0.39 is 0 Å². The lowest BCUT2D eigenvalue weighted by atomic mass is 9.97. The first-order valence-corrected chi connectivity index (χ1v) is 6.90. The van der Waals surface area contributed by atoms with Crippen LogP contribution in [-0.4, -0.2) is 44.3 Å². The van der Waals surface area contributed by atoms with Crippen LogP contribution in [0.5, 0.6) is 0 Å². The predicted octanol–water partition coefficient (Wildman–Crippen LogP) is 1.47. The molecule has 0 amide bonds. The first-order valence-electron chi connectivity index (χ1n) is 6.90. The third-order valence-electron chi connectivity index (χ3n) is 4.20. The van der Waals surface area contributed by atoms with Gasteiger partial charge in [-0.2, -0.15) is 0 Å². The molecule has 0 aromatic carbocycles. The van der Waals surface area contributed by atoms with E-state index in [9.17, 15) is 0 Å². The second kappa shape index (κ2) is 6.58. The number of nitrogens with zero attached hydrogens (tertiary/aromatic N) is 1. The molecular formula is C13H26N2O. The summed E-state index contributed by atoms with van der Waals surface area (Å²) in [7, 11) is 0. The average molecular weight is 226 g/mol. The summed E-state index contributed by atoms with van der Waals surface area (Å²) in [4.78, 5) is 2.51. The van der Waals surface area contributed by atoms with E-state index in [0.717, 1.165) is 38.1 Å². The van der Waals surface area contributed by atoms with Crippen molar-refractivity contribution in [3.05, 3.63) is 0 Å². The summed E-state index contributed by atoms with van der Waals surface area (Å²) in [6.07, 6.45) is 6.74. The van der Waals surface area contributed by atoms with Gasteiger partial charge in [-0.25, -0.2) is 0 Å². The highest BCUT2D eigenvalue weighted by molar-refractivity contribution is 4.77. The van der Waals surface area contributed by atoms with Crippen molar-refractivity contribution in [2.75, 3.05) is 39.4 Å². The molecule has 2 rings (SSSR count). The summed E-state index contributed by atoms with van der Waals surface area (Å²) in [6, 6.07) is 0. The molecule has 0 aromatic heterocycles. The van der Waals surface area contributed by atoms with Gasteiger partial charge in [0.05, 0.1) is 6.61 Å². The van der Waals surface area contributed by atoms with E-state index in [0.29, 0.717) is 0 Å². The second-order valence-electron chi connectivity index (χ2n) is 5.31. The normalized spacial score (nSPS) is 31.3. The van der Waals surface area contributed by atoms with Crippen molar-refractivity contribution in [1.82, 2.24) is 4.90 Å². The van der Waals surface area contributed by atoms with Crippen molar-refractivity contribution in [3.8, 4) is 0 Å². The van der Waals surface area contributed by atoms with Crippen LogP contribution in [0, 0.1) is 11.8 Å². The highest BCUT2D eigenvalue weighted by Crippen LogP contribution is 2.30. The molecule has 1 saturated carbocycles. The molecule has 3 heteroatoms. The zero-order valence-electron chi connectivity index (χ0n) is 10.4. The van der Waals surface area contributed by atoms with E-state index in [-0.39, 0.29) is 0 Å². The fourth-order valence-corrected chi connectivity index (χ4v) is 3.08. The molecule has 0 bridgehead atoms. The van der Waals surface area contributed by atoms with Crippen molar-refractivity contribution in [1.29, 1.82) is 0 Å². The maximum absolute atomic E-state index is 5.81. The van der Waals surface area contributed by atoms with Crippen molar-refractivity contribution < 1.29 is 4.74 Å². The Kier molecular flexibility index (Phi) is 5.07. The van der Waals surface area contributed by atoms with Gasteiger partial charge in [0.25, 0.3) is 0 Å². The summed E-state index contributed by atoms with van der Waals surface area (Å²) in [6.45, 7) is 6.38. The van der Waals surface area contributed by atoms with Crippen LogP contribution in [-0.2, 0) is 4.74 Å². The van der Waals surface area contributed by atoms with E-state index in [2.05, 4.69) is 4.90 Å². The van der Waals surface area contributed by atoms with Gasteiger partial charge < -0.3 is 15.4 Å². The number of likely N-dealkylation sites (tertiary alicyclic amines) is 1. The van der Waals surface area contributed by atoms with Crippen LogP contribution in [0.1, 0.15) is 32.1 Å². The number of ether oxygens (including phenoxy) is 1. The Bertz CT molecular complexity index is 192. The lowest BCUT2D eigenvalue weighted by Gasteiger charge is -2.19. The average Bonchev–Trinajstić information content (AvgIpc) is 2.95. The minimum Gasteiger partial charge on any atom is -0.380 e. The van der Waals surface area contributed by atoms with Crippen molar-refractivity contribution in [3.63, 3.8) is 0 Å². The topological polar surface area (TPSA) is 38.5 Å². The van der Waals surface area contributed by atoms with Crippen LogP contribution < -0.4 is 5.73 Å². The second-order valence-corrected chi connectivity index (χ2v) is 5.31. The smallest absolute Gasteiger partial charge is 0.0593 e. The van der Waals surface area contributed by atoms with Gasteiger partial charge in [0.1, 0.15) is 0 Å². The number of nitrogens with two attached hydrogens (primary N) is 1. The largest absolute Gasteiger partial charge is 0.380 e. The molecule has 2 aliphatic rings. The fourth-order valence-electron chi connectivity index (χ4n) is 3.08. The Morgan fingerprint density at radius 3 is 2.56 bits per heavy atom.